The number of imidazole rings is 1. The summed E-state index contributed by atoms with van der Waals surface area (Å²) in [5, 5.41) is 29.2. The zero-order chi connectivity index (χ0) is 15.1. The molecule has 0 spiro atoms. The molecular weight excluding hydrogens is 278 g/mol. The van der Waals surface area contributed by atoms with Gasteiger partial charge >= 0.3 is 0 Å². The van der Waals surface area contributed by atoms with Crippen LogP contribution in [0.5, 0.6) is 0 Å². The topological polar surface area (TPSA) is 117 Å². The van der Waals surface area contributed by atoms with E-state index in [1.807, 2.05) is 14.1 Å². The summed E-state index contributed by atoms with van der Waals surface area (Å²) in [5.74, 6) is 0.621. The Morgan fingerprint density at radius 1 is 1.24 bits per heavy atom. The first-order valence-electron chi connectivity index (χ1n) is 6.52. The summed E-state index contributed by atoms with van der Waals surface area (Å²) in [7, 11) is 3.66. The minimum Gasteiger partial charge on any atom is -0.394 e. The monoisotopic (exact) mass is 295 g/mol. The summed E-state index contributed by atoms with van der Waals surface area (Å²) in [6, 6.07) is 0. The van der Waals surface area contributed by atoms with Crippen LogP contribution >= 0.6 is 0 Å². The fraction of sp³-hybridized carbons (Fsp3) is 0.583. The van der Waals surface area contributed by atoms with Gasteiger partial charge in [-0.25, -0.2) is 15.0 Å². The molecule has 0 amide bonds. The van der Waals surface area contributed by atoms with Crippen LogP contribution in [0.1, 0.15) is 6.23 Å². The van der Waals surface area contributed by atoms with Crippen LogP contribution in [-0.2, 0) is 4.74 Å². The van der Waals surface area contributed by atoms with Gasteiger partial charge in [-0.15, -0.1) is 0 Å². The number of aromatic nitrogens is 4. The first-order chi connectivity index (χ1) is 10.0. The van der Waals surface area contributed by atoms with E-state index in [1.165, 1.54) is 12.7 Å². The molecule has 2 aromatic heterocycles. The van der Waals surface area contributed by atoms with Gasteiger partial charge in [0.2, 0.25) is 0 Å². The Morgan fingerprint density at radius 2 is 2.00 bits per heavy atom. The number of hydrogen-bond acceptors (Lipinski definition) is 8. The molecule has 2 aromatic rings. The molecule has 1 saturated heterocycles. The minimum atomic E-state index is -1.17. The lowest BCUT2D eigenvalue weighted by molar-refractivity contribution is -0.0508. The second-order valence-corrected chi connectivity index (χ2v) is 5.14. The van der Waals surface area contributed by atoms with Crippen molar-refractivity contribution < 1.29 is 20.1 Å². The van der Waals surface area contributed by atoms with Crippen molar-refractivity contribution >= 4 is 17.0 Å². The fourth-order valence-corrected chi connectivity index (χ4v) is 2.49. The number of hydrogen-bond donors (Lipinski definition) is 3. The Hall–Kier alpha value is -1.81. The van der Waals surface area contributed by atoms with Gasteiger partial charge in [-0.2, -0.15) is 0 Å². The molecule has 0 aromatic carbocycles. The number of ether oxygens (including phenoxy) is 1. The zero-order valence-corrected chi connectivity index (χ0v) is 11.7. The summed E-state index contributed by atoms with van der Waals surface area (Å²) < 4.78 is 7.10. The molecule has 3 rings (SSSR count). The van der Waals surface area contributed by atoms with E-state index in [-0.39, 0.29) is 6.61 Å². The zero-order valence-electron chi connectivity index (χ0n) is 11.7. The molecule has 4 atom stereocenters. The normalized spacial score (nSPS) is 29.2. The van der Waals surface area contributed by atoms with Crippen molar-refractivity contribution in [2.75, 3.05) is 25.6 Å². The van der Waals surface area contributed by atoms with E-state index in [0.717, 1.165) is 0 Å². The highest BCUT2D eigenvalue weighted by molar-refractivity contribution is 5.83. The van der Waals surface area contributed by atoms with Crippen molar-refractivity contribution in [3.8, 4) is 0 Å². The van der Waals surface area contributed by atoms with Crippen molar-refractivity contribution in [1.82, 2.24) is 19.5 Å². The molecule has 9 heteroatoms. The number of rotatable bonds is 3. The van der Waals surface area contributed by atoms with Crippen molar-refractivity contribution in [1.29, 1.82) is 0 Å². The maximum Gasteiger partial charge on any atom is 0.183 e. The van der Waals surface area contributed by atoms with Crippen LogP contribution in [0.15, 0.2) is 12.7 Å². The third kappa shape index (κ3) is 2.14. The predicted molar refractivity (Wildman–Crippen MR) is 72.7 cm³/mol. The molecule has 1 aliphatic rings. The van der Waals surface area contributed by atoms with Crippen LogP contribution in [-0.4, -0.2) is 73.9 Å². The summed E-state index contributed by atoms with van der Waals surface area (Å²) >= 11 is 0. The van der Waals surface area contributed by atoms with Crippen molar-refractivity contribution in [2.24, 2.45) is 0 Å². The molecule has 3 N–H and O–H groups in total. The van der Waals surface area contributed by atoms with E-state index in [2.05, 4.69) is 15.0 Å². The van der Waals surface area contributed by atoms with Crippen molar-refractivity contribution in [2.45, 2.75) is 24.5 Å². The molecule has 114 valence electrons. The van der Waals surface area contributed by atoms with E-state index in [1.54, 1.807) is 9.47 Å². The van der Waals surface area contributed by atoms with Gasteiger partial charge in [-0.1, -0.05) is 0 Å². The Bertz CT molecular complexity index is 646. The van der Waals surface area contributed by atoms with Crippen LogP contribution in [0.25, 0.3) is 11.2 Å². The second kappa shape index (κ2) is 5.19. The average Bonchev–Trinajstić information content (AvgIpc) is 3.01. The van der Waals surface area contributed by atoms with E-state index in [0.29, 0.717) is 17.0 Å². The first kappa shape index (κ1) is 14.1. The first-order valence-corrected chi connectivity index (χ1v) is 6.52. The number of aliphatic hydroxyl groups is 3. The molecule has 9 nitrogen and oxygen atoms in total. The molecule has 0 radical (unpaired) electrons. The van der Waals surface area contributed by atoms with Crippen molar-refractivity contribution in [3.05, 3.63) is 12.7 Å². The highest BCUT2D eigenvalue weighted by atomic mass is 16.6. The van der Waals surface area contributed by atoms with Gasteiger partial charge in [0.05, 0.1) is 6.61 Å². The highest BCUT2D eigenvalue weighted by Crippen LogP contribution is 2.33. The molecule has 0 aliphatic carbocycles. The quantitative estimate of drug-likeness (QED) is 0.626. The summed E-state index contributed by atoms with van der Waals surface area (Å²) in [6.45, 7) is -0.377. The number of nitrogens with zero attached hydrogens (tertiary/aromatic N) is 5. The van der Waals surface area contributed by atoms with E-state index in [4.69, 9.17) is 4.74 Å². The molecule has 1 aliphatic heterocycles. The maximum atomic E-state index is 10.1. The Labute approximate surface area is 120 Å². The number of anilines is 1. The Morgan fingerprint density at radius 3 is 2.62 bits per heavy atom. The van der Waals surface area contributed by atoms with Gasteiger partial charge in [-0.3, -0.25) is 4.57 Å². The van der Waals surface area contributed by atoms with Crippen molar-refractivity contribution in [3.63, 3.8) is 0 Å². The fourth-order valence-electron chi connectivity index (χ4n) is 2.49. The summed E-state index contributed by atoms with van der Waals surface area (Å²) in [5.41, 5.74) is 1.06. The SMILES string of the molecule is CN(C)c1ncnc2ncn([C@@H]3O[C@@H](CO)[C@@H](O)[C@@H]3O)c12. The third-order valence-corrected chi connectivity index (χ3v) is 3.56. The summed E-state index contributed by atoms with van der Waals surface area (Å²) in [4.78, 5) is 14.2. The van der Waals surface area contributed by atoms with Gasteiger partial charge in [0.1, 0.15) is 36.5 Å². The Balaban J connectivity index is 2.09. The van der Waals surface area contributed by atoms with Gasteiger partial charge < -0.3 is 25.0 Å². The molecule has 0 saturated carbocycles. The highest BCUT2D eigenvalue weighted by Gasteiger charge is 2.44. The van der Waals surface area contributed by atoms with E-state index in [9.17, 15) is 15.3 Å². The van der Waals surface area contributed by atoms with E-state index >= 15 is 0 Å². The van der Waals surface area contributed by atoms with Crippen LogP contribution in [0.3, 0.4) is 0 Å². The van der Waals surface area contributed by atoms with Crippen LogP contribution in [0.4, 0.5) is 5.82 Å². The van der Waals surface area contributed by atoms with Crippen LogP contribution in [0.2, 0.25) is 0 Å². The third-order valence-electron chi connectivity index (χ3n) is 3.56. The molecule has 1 fully saturated rings. The number of fused-ring (bicyclic) bond motifs is 1. The summed E-state index contributed by atoms with van der Waals surface area (Å²) in [6.07, 6.45) is -1.14. The average molecular weight is 295 g/mol. The molecule has 21 heavy (non-hydrogen) atoms. The largest absolute Gasteiger partial charge is 0.394 e. The molecule has 0 unspecified atom stereocenters. The minimum absolute atomic E-state index is 0.377. The standard InChI is InChI=1S/C12H17N5O4/c1-16(2)11-7-10(13-4-14-11)15-5-17(7)12-9(20)8(19)6(3-18)21-12/h4-6,8-9,12,18-20H,3H2,1-2H3/t6-,8+,9-,12+/m0/s1. The van der Waals surface area contributed by atoms with Crippen LogP contribution < -0.4 is 4.90 Å². The maximum absolute atomic E-state index is 10.1. The molecule has 0 bridgehead atoms. The van der Waals surface area contributed by atoms with Gasteiger partial charge in [0.25, 0.3) is 0 Å². The lowest BCUT2D eigenvalue weighted by atomic mass is 10.1. The molecular formula is C12H17N5O4. The predicted octanol–water partition coefficient (Wildman–Crippen LogP) is -1.50. The van der Waals surface area contributed by atoms with E-state index < -0.39 is 24.5 Å². The number of aliphatic hydroxyl groups excluding tert-OH is 3. The molecule has 3 heterocycles. The van der Waals surface area contributed by atoms with Gasteiger partial charge in [-0.05, 0) is 0 Å². The van der Waals surface area contributed by atoms with Gasteiger partial charge in [0, 0.05) is 14.1 Å². The second-order valence-electron chi connectivity index (χ2n) is 5.14. The van der Waals surface area contributed by atoms with Crippen LogP contribution in [0, 0.1) is 0 Å². The lowest BCUT2D eigenvalue weighted by Crippen LogP contribution is -2.33. The lowest BCUT2D eigenvalue weighted by Gasteiger charge is -2.19. The van der Waals surface area contributed by atoms with Gasteiger partial charge in [0.15, 0.2) is 17.7 Å². The smallest absolute Gasteiger partial charge is 0.183 e. The Kier molecular flexibility index (Phi) is 3.49.